The van der Waals surface area contributed by atoms with Gasteiger partial charge >= 0.3 is 5.97 Å². The van der Waals surface area contributed by atoms with E-state index < -0.39 is 18.1 Å². The molecule has 1 fully saturated rings. The van der Waals surface area contributed by atoms with Gasteiger partial charge in [-0.15, -0.1) is 0 Å². The quantitative estimate of drug-likeness (QED) is 0.437. The molecule has 1 aromatic carbocycles. The van der Waals surface area contributed by atoms with Gasteiger partial charge in [0.2, 0.25) is 5.91 Å². The van der Waals surface area contributed by atoms with Crippen molar-refractivity contribution in [3.05, 3.63) is 35.9 Å². The number of amides is 2. The van der Waals surface area contributed by atoms with Crippen LogP contribution in [0.15, 0.2) is 30.3 Å². The molecule has 1 saturated heterocycles. The summed E-state index contributed by atoms with van der Waals surface area (Å²) in [6.07, 6.45) is 3.63. The van der Waals surface area contributed by atoms with E-state index in [1.54, 1.807) is 45.8 Å². The van der Waals surface area contributed by atoms with Gasteiger partial charge in [0.25, 0.3) is 5.91 Å². The lowest BCUT2D eigenvalue weighted by Gasteiger charge is -2.42. The fourth-order valence-electron chi connectivity index (χ4n) is 3.70. The number of hydrogen-bond acceptors (Lipinski definition) is 7. The summed E-state index contributed by atoms with van der Waals surface area (Å²) in [4.78, 5) is 41.8. The number of thiol groups is 1. The Morgan fingerprint density at radius 1 is 1.27 bits per heavy atom. The second-order valence-electron chi connectivity index (χ2n) is 7.24. The van der Waals surface area contributed by atoms with E-state index in [9.17, 15) is 14.4 Å². The van der Waals surface area contributed by atoms with E-state index >= 15 is 0 Å². The minimum Gasteiger partial charge on any atom is -0.467 e. The number of methoxy groups -OCH3 is 1. The Morgan fingerprint density at radius 3 is 2.43 bits per heavy atom. The van der Waals surface area contributed by atoms with Crippen LogP contribution in [0, 0.1) is 0 Å². The van der Waals surface area contributed by atoms with Gasteiger partial charge in [0.1, 0.15) is 6.04 Å². The summed E-state index contributed by atoms with van der Waals surface area (Å²) in [7, 11) is 1.35. The molecular formula is C21H31N3O4S2. The van der Waals surface area contributed by atoms with Crippen LogP contribution in [0.5, 0.6) is 0 Å². The normalized spacial score (nSPS) is 16.6. The first-order valence-electron chi connectivity index (χ1n) is 10.0. The molecule has 2 amide bonds. The fraction of sp³-hybridized carbons (Fsp3) is 0.571. The lowest BCUT2D eigenvalue weighted by Crippen LogP contribution is -2.56. The number of rotatable bonds is 9. The molecule has 0 radical (unpaired) electrons. The number of benzene rings is 1. The molecule has 9 heteroatoms. The Kier molecular flexibility index (Phi) is 10.0. The van der Waals surface area contributed by atoms with E-state index in [-0.39, 0.29) is 23.6 Å². The maximum absolute atomic E-state index is 13.4. The molecule has 1 aliphatic heterocycles. The average molecular weight is 454 g/mol. The van der Waals surface area contributed by atoms with Gasteiger partial charge < -0.3 is 20.3 Å². The van der Waals surface area contributed by atoms with Gasteiger partial charge in [0.05, 0.1) is 13.2 Å². The van der Waals surface area contributed by atoms with Crippen molar-refractivity contribution in [3.63, 3.8) is 0 Å². The van der Waals surface area contributed by atoms with E-state index in [0.29, 0.717) is 37.9 Å². The van der Waals surface area contributed by atoms with Crippen LogP contribution in [0.3, 0.4) is 0 Å². The smallest absolute Gasteiger partial charge is 0.328 e. The predicted octanol–water partition coefficient (Wildman–Crippen LogP) is 1.67. The predicted molar refractivity (Wildman–Crippen MR) is 123 cm³/mol. The van der Waals surface area contributed by atoms with Crippen LogP contribution in [0.4, 0.5) is 0 Å². The number of thioether (sulfide) groups is 1. The van der Waals surface area contributed by atoms with E-state index in [4.69, 9.17) is 10.5 Å². The second-order valence-corrected chi connectivity index (χ2v) is 8.60. The van der Waals surface area contributed by atoms with Crippen molar-refractivity contribution >= 4 is 42.2 Å². The van der Waals surface area contributed by atoms with Crippen LogP contribution in [0.1, 0.15) is 29.6 Å². The first-order chi connectivity index (χ1) is 14.4. The van der Waals surface area contributed by atoms with Gasteiger partial charge in [-0.2, -0.15) is 24.4 Å². The maximum Gasteiger partial charge on any atom is 0.328 e. The summed E-state index contributed by atoms with van der Waals surface area (Å²) < 4.78 is 5.04. The molecule has 0 saturated carbocycles. The summed E-state index contributed by atoms with van der Waals surface area (Å²) in [5.74, 6) is 0.285. The average Bonchev–Trinajstić information content (AvgIpc) is 2.80. The monoisotopic (exact) mass is 453 g/mol. The van der Waals surface area contributed by atoms with Crippen LogP contribution in [0.25, 0.3) is 0 Å². The first-order valence-corrected chi connectivity index (χ1v) is 12.1. The number of esters is 1. The van der Waals surface area contributed by atoms with E-state index in [1.807, 2.05) is 12.3 Å². The van der Waals surface area contributed by atoms with Crippen LogP contribution in [-0.2, 0) is 14.3 Å². The Balaban J connectivity index is 2.26. The molecule has 2 N–H and O–H groups in total. The molecule has 0 unspecified atom stereocenters. The summed E-state index contributed by atoms with van der Waals surface area (Å²) in [6.45, 7) is 0.972. The zero-order chi connectivity index (χ0) is 22.1. The van der Waals surface area contributed by atoms with Gasteiger partial charge in [0.15, 0.2) is 0 Å². The number of carbonyl (C=O) groups excluding carboxylic acids is 3. The molecular weight excluding hydrogens is 422 g/mol. The zero-order valence-electron chi connectivity index (χ0n) is 17.5. The third-order valence-corrected chi connectivity index (χ3v) is 6.38. The SMILES string of the molecule is COC(=O)[C@H](CCSC)N(C(=O)c1ccccc1)C1CCN(C(=O)[C@@H](N)CS)CC1. The highest BCUT2D eigenvalue weighted by molar-refractivity contribution is 7.98. The van der Waals surface area contributed by atoms with Gasteiger partial charge in [-0.05, 0) is 43.4 Å². The number of carbonyl (C=O) groups is 3. The van der Waals surface area contributed by atoms with E-state index in [0.717, 1.165) is 5.75 Å². The number of ether oxygens (including phenoxy) is 1. The molecule has 0 aromatic heterocycles. The second kappa shape index (κ2) is 12.2. The third kappa shape index (κ3) is 6.15. The third-order valence-electron chi connectivity index (χ3n) is 5.34. The molecule has 0 aliphatic carbocycles. The Bertz CT molecular complexity index is 711. The lowest BCUT2D eigenvalue weighted by molar-refractivity contribution is -0.147. The fourth-order valence-corrected chi connectivity index (χ4v) is 4.32. The van der Waals surface area contributed by atoms with Crippen LogP contribution in [0.2, 0.25) is 0 Å². The van der Waals surface area contributed by atoms with Gasteiger partial charge in [0, 0.05) is 30.4 Å². The van der Waals surface area contributed by atoms with E-state index in [2.05, 4.69) is 12.6 Å². The van der Waals surface area contributed by atoms with Crippen LogP contribution >= 0.6 is 24.4 Å². The summed E-state index contributed by atoms with van der Waals surface area (Å²) in [5, 5.41) is 0. The number of hydrogen-bond donors (Lipinski definition) is 2. The van der Waals surface area contributed by atoms with Crippen LogP contribution < -0.4 is 5.73 Å². The number of nitrogens with zero attached hydrogens (tertiary/aromatic N) is 2. The summed E-state index contributed by atoms with van der Waals surface area (Å²) >= 11 is 5.73. The topological polar surface area (TPSA) is 92.9 Å². The standard InChI is InChI=1S/C21H31N3O4S2/c1-28-21(27)18(10-13-30-2)24(19(25)15-6-4-3-5-7-15)16-8-11-23(12-9-16)20(26)17(22)14-29/h3-7,16-18,29H,8-14,22H2,1-2H3/t17-,18-/m0/s1. The Morgan fingerprint density at radius 2 is 1.90 bits per heavy atom. The summed E-state index contributed by atoms with van der Waals surface area (Å²) in [6, 6.07) is 7.51. The van der Waals surface area contributed by atoms with Crippen molar-refractivity contribution < 1.29 is 19.1 Å². The van der Waals surface area contributed by atoms with Crippen LogP contribution in [-0.4, -0.2) is 83.7 Å². The minimum absolute atomic E-state index is 0.128. The molecule has 30 heavy (non-hydrogen) atoms. The van der Waals surface area contributed by atoms with Crippen molar-refractivity contribution in [2.75, 3.05) is 38.0 Å². The van der Waals surface area contributed by atoms with Crippen molar-refractivity contribution in [2.24, 2.45) is 5.73 Å². The highest BCUT2D eigenvalue weighted by Crippen LogP contribution is 2.25. The van der Waals surface area contributed by atoms with Crippen molar-refractivity contribution in [1.29, 1.82) is 0 Å². The Hall–Kier alpha value is -1.71. The molecule has 1 aromatic rings. The van der Waals surface area contributed by atoms with Gasteiger partial charge in [-0.25, -0.2) is 4.79 Å². The minimum atomic E-state index is -0.665. The molecule has 1 aliphatic rings. The zero-order valence-corrected chi connectivity index (χ0v) is 19.2. The molecule has 166 valence electrons. The molecule has 2 atom stereocenters. The highest BCUT2D eigenvalue weighted by atomic mass is 32.2. The number of piperidine rings is 1. The van der Waals surface area contributed by atoms with Gasteiger partial charge in [-0.3, -0.25) is 9.59 Å². The highest BCUT2D eigenvalue weighted by Gasteiger charge is 2.38. The first kappa shape index (κ1) is 24.6. The summed E-state index contributed by atoms with van der Waals surface area (Å²) in [5.41, 5.74) is 6.36. The van der Waals surface area contributed by atoms with Gasteiger partial charge in [-0.1, -0.05) is 18.2 Å². The molecule has 0 bridgehead atoms. The number of likely N-dealkylation sites (tertiary alicyclic amines) is 1. The van der Waals surface area contributed by atoms with Crippen molar-refractivity contribution in [3.8, 4) is 0 Å². The van der Waals surface area contributed by atoms with Crippen molar-refractivity contribution in [1.82, 2.24) is 9.80 Å². The maximum atomic E-state index is 13.4. The molecule has 1 heterocycles. The lowest BCUT2D eigenvalue weighted by atomic mass is 9.98. The molecule has 7 nitrogen and oxygen atoms in total. The van der Waals surface area contributed by atoms with Crippen molar-refractivity contribution in [2.45, 2.75) is 37.4 Å². The number of nitrogens with two attached hydrogens (primary N) is 1. The Labute approximate surface area is 188 Å². The molecule has 2 rings (SSSR count). The van der Waals surface area contributed by atoms with E-state index in [1.165, 1.54) is 7.11 Å². The largest absolute Gasteiger partial charge is 0.467 e. The molecule has 0 spiro atoms.